The number of nitrogens with one attached hydrogen (secondary N) is 1. The van der Waals surface area contributed by atoms with Gasteiger partial charge in [-0.25, -0.2) is 0 Å². The van der Waals surface area contributed by atoms with E-state index in [1.807, 2.05) is 13.8 Å². The Morgan fingerprint density at radius 3 is 2.65 bits per heavy atom. The van der Waals surface area contributed by atoms with Crippen LogP contribution in [-0.4, -0.2) is 46.7 Å². The van der Waals surface area contributed by atoms with E-state index in [0.717, 1.165) is 38.8 Å². The number of rotatable bonds is 8. The van der Waals surface area contributed by atoms with Gasteiger partial charge in [0.1, 0.15) is 5.54 Å². The Labute approximate surface area is 123 Å². The van der Waals surface area contributed by atoms with Gasteiger partial charge in [0.15, 0.2) is 0 Å². The molecule has 0 amide bonds. The molecule has 2 N–H and O–H groups in total. The molecule has 0 spiro atoms. The Kier molecular flexibility index (Phi) is 6.96. The molecule has 1 rings (SSSR count). The van der Waals surface area contributed by atoms with Crippen molar-refractivity contribution in [3.63, 3.8) is 0 Å². The van der Waals surface area contributed by atoms with Crippen LogP contribution in [0.5, 0.6) is 0 Å². The molecular formula is C16H32N2O2. The highest BCUT2D eigenvalue weighted by molar-refractivity contribution is 5.79. The van der Waals surface area contributed by atoms with Crippen molar-refractivity contribution in [2.75, 3.05) is 13.1 Å². The average Bonchev–Trinajstić information content (AvgIpc) is 2.39. The predicted octanol–water partition coefficient (Wildman–Crippen LogP) is 2.87. The van der Waals surface area contributed by atoms with Crippen LogP contribution in [0.25, 0.3) is 0 Å². The van der Waals surface area contributed by atoms with E-state index in [-0.39, 0.29) is 6.04 Å². The molecule has 4 nitrogen and oxygen atoms in total. The molecule has 1 aliphatic carbocycles. The quantitative estimate of drug-likeness (QED) is 0.719. The van der Waals surface area contributed by atoms with Gasteiger partial charge in [-0.3, -0.25) is 10.1 Å². The zero-order valence-corrected chi connectivity index (χ0v) is 13.6. The maximum Gasteiger partial charge on any atom is 0.323 e. The minimum atomic E-state index is -0.725. The first-order chi connectivity index (χ1) is 9.45. The summed E-state index contributed by atoms with van der Waals surface area (Å²) in [6.07, 6.45) is 6.01. The van der Waals surface area contributed by atoms with Gasteiger partial charge in [0.25, 0.3) is 0 Å². The van der Waals surface area contributed by atoms with Crippen molar-refractivity contribution in [1.82, 2.24) is 10.2 Å². The Hall–Kier alpha value is -0.610. The molecule has 1 saturated carbocycles. The molecule has 0 aromatic carbocycles. The van der Waals surface area contributed by atoms with E-state index in [1.165, 1.54) is 12.8 Å². The molecule has 4 heteroatoms. The van der Waals surface area contributed by atoms with Gasteiger partial charge in [-0.05, 0) is 59.0 Å². The summed E-state index contributed by atoms with van der Waals surface area (Å²) in [4.78, 5) is 14.3. The van der Waals surface area contributed by atoms with Gasteiger partial charge in [-0.15, -0.1) is 0 Å². The summed E-state index contributed by atoms with van der Waals surface area (Å²) in [5.41, 5.74) is -0.725. The molecule has 2 unspecified atom stereocenters. The number of carbonyl (C=O) groups is 1. The molecule has 0 aromatic rings. The molecule has 0 saturated heterocycles. The van der Waals surface area contributed by atoms with Crippen LogP contribution in [0.4, 0.5) is 0 Å². The number of nitrogens with zero attached hydrogens (tertiary/aromatic N) is 1. The fourth-order valence-corrected chi connectivity index (χ4v) is 3.46. The molecular weight excluding hydrogens is 252 g/mol. The first-order valence-corrected chi connectivity index (χ1v) is 8.20. The van der Waals surface area contributed by atoms with Crippen LogP contribution in [0, 0.1) is 0 Å². The standard InChI is InChI=1S/C16H32N2O2/c1-5-7-11-18(6-2)14-9-8-10-16(12-14,15(19)20)17-13(3)4/h13-14,17H,5-12H2,1-4H3,(H,19,20). The fourth-order valence-electron chi connectivity index (χ4n) is 3.46. The maximum atomic E-state index is 11.8. The van der Waals surface area contributed by atoms with Gasteiger partial charge in [0.05, 0.1) is 0 Å². The van der Waals surface area contributed by atoms with Gasteiger partial charge in [-0.2, -0.15) is 0 Å². The van der Waals surface area contributed by atoms with E-state index in [1.54, 1.807) is 0 Å². The third-order valence-electron chi connectivity index (χ3n) is 4.42. The molecule has 0 bridgehead atoms. The molecule has 0 heterocycles. The number of hydrogen-bond acceptors (Lipinski definition) is 3. The average molecular weight is 284 g/mol. The van der Waals surface area contributed by atoms with Gasteiger partial charge >= 0.3 is 5.97 Å². The van der Waals surface area contributed by atoms with Gasteiger partial charge < -0.3 is 10.0 Å². The van der Waals surface area contributed by atoms with Crippen LogP contribution in [-0.2, 0) is 4.79 Å². The highest BCUT2D eigenvalue weighted by atomic mass is 16.4. The Balaban J connectivity index is 2.77. The summed E-state index contributed by atoms with van der Waals surface area (Å²) in [5, 5.41) is 13.0. The van der Waals surface area contributed by atoms with E-state index >= 15 is 0 Å². The number of hydrogen-bond donors (Lipinski definition) is 2. The molecule has 1 fully saturated rings. The second-order valence-electron chi connectivity index (χ2n) is 6.42. The lowest BCUT2D eigenvalue weighted by molar-refractivity contribution is -0.148. The van der Waals surface area contributed by atoms with Crippen LogP contribution < -0.4 is 5.32 Å². The zero-order chi connectivity index (χ0) is 15.2. The number of carboxylic acid groups (broad SMARTS) is 1. The highest BCUT2D eigenvalue weighted by Crippen LogP contribution is 2.32. The maximum absolute atomic E-state index is 11.8. The van der Waals surface area contributed by atoms with Crippen molar-refractivity contribution >= 4 is 5.97 Å². The Morgan fingerprint density at radius 2 is 2.15 bits per heavy atom. The topological polar surface area (TPSA) is 52.6 Å². The lowest BCUT2D eigenvalue weighted by Gasteiger charge is -2.43. The first kappa shape index (κ1) is 17.4. The largest absolute Gasteiger partial charge is 0.480 e. The van der Waals surface area contributed by atoms with Crippen LogP contribution in [0.1, 0.15) is 66.2 Å². The molecule has 2 atom stereocenters. The molecule has 20 heavy (non-hydrogen) atoms. The monoisotopic (exact) mass is 284 g/mol. The molecule has 0 aliphatic heterocycles. The third-order valence-corrected chi connectivity index (χ3v) is 4.42. The van der Waals surface area contributed by atoms with Crippen molar-refractivity contribution < 1.29 is 9.90 Å². The van der Waals surface area contributed by atoms with E-state index in [4.69, 9.17) is 0 Å². The molecule has 0 aromatic heterocycles. The second-order valence-corrected chi connectivity index (χ2v) is 6.42. The van der Waals surface area contributed by atoms with Gasteiger partial charge in [0, 0.05) is 12.1 Å². The predicted molar refractivity (Wildman–Crippen MR) is 83.0 cm³/mol. The van der Waals surface area contributed by atoms with Crippen molar-refractivity contribution in [2.45, 2.75) is 83.8 Å². The van der Waals surface area contributed by atoms with Crippen molar-refractivity contribution in [3.8, 4) is 0 Å². The van der Waals surface area contributed by atoms with Crippen molar-refractivity contribution in [3.05, 3.63) is 0 Å². The van der Waals surface area contributed by atoms with Crippen LogP contribution in [0.3, 0.4) is 0 Å². The van der Waals surface area contributed by atoms with E-state index in [9.17, 15) is 9.90 Å². The van der Waals surface area contributed by atoms with E-state index in [2.05, 4.69) is 24.1 Å². The van der Waals surface area contributed by atoms with E-state index in [0.29, 0.717) is 6.04 Å². The van der Waals surface area contributed by atoms with Gasteiger partial charge in [0.2, 0.25) is 0 Å². The van der Waals surface area contributed by atoms with Crippen LogP contribution in [0.15, 0.2) is 0 Å². The van der Waals surface area contributed by atoms with Crippen LogP contribution in [0.2, 0.25) is 0 Å². The number of aliphatic carboxylic acids is 1. The summed E-state index contributed by atoms with van der Waals surface area (Å²) in [6, 6.07) is 0.609. The Bertz CT molecular complexity index is 307. The number of carboxylic acids is 1. The molecule has 1 aliphatic rings. The summed E-state index contributed by atoms with van der Waals surface area (Å²) in [6.45, 7) is 10.6. The molecule has 0 radical (unpaired) electrons. The fraction of sp³-hybridized carbons (Fsp3) is 0.938. The Morgan fingerprint density at radius 1 is 1.45 bits per heavy atom. The van der Waals surface area contributed by atoms with E-state index < -0.39 is 11.5 Å². The summed E-state index contributed by atoms with van der Waals surface area (Å²) >= 11 is 0. The minimum absolute atomic E-state index is 0.204. The lowest BCUT2D eigenvalue weighted by Crippen LogP contribution is -2.60. The zero-order valence-electron chi connectivity index (χ0n) is 13.6. The van der Waals surface area contributed by atoms with Gasteiger partial charge in [-0.1, -0.05) is 20.3 Å². The summed E-state index contributed by atoms with van der Waals surface area (Å²) in [7, 11) is 0. The van der Waals surface area contributed by atoms with Crippen molar-refractivity contribution in [1.29, 1.82) is 0 Å². The first-order valence-electron chi connectivity index (χ1n) is 8.20. The normalized spacial score (nSPS) is 27.2. The van der Waals surface area contributed by atoms with Crippen molar-refractivity contribution in [2.24, 2.45) is 0 Å². The summed E-state index contributed by atoms with van der Waals surface area (Å²) in [5.74, 6) is -0.678. The van der Waals surface area contributed by atoms with Crippen LogP contribution >= 0.6 is 0 Å². The minimum Gasteiger partial charge on any atom is -0.480 e. The molecule has 118 valence electrons. The SMILES string of the molecule is CCCCN(CC)C1CCCC(NC(C)C)(C(=O)O)C1. The lowest BCUT2D eigenvalue weighted by atomic mass is 9.77. The summed E-state index contributed by atoms with van der Waals surface area (Å²) < 4.78 is 0. The smallest absolute Gasteiger partial charge is 0.323 e. The second kappa shape index (κ2) is 7.99. The third kappa shape index (κ3) is 4.45. The number of unbranched alkanes of at least 4 members (excludes halogenated alkanes) is 1. The highest BCUT2D eigenvalue weighted by Gasteiger charge is 2.44.